The van der Waals surface area contributed by atoms with Crippen LogP contribution < -0.4 is 10.1 Å². The number of thiophene rings is 1. The van der Waals surface area contributed by atoms with E-state index >= 15 is 0 Å². The van der Waals surface area contributed by atoms with Crippen LogP contribution in [-0.4, -0.2) is 37.0 Å². The lowest BCUT2D eigenvalue weighted by atomic mass is 10.1. The van der Waals surface area contributed by atoms with Crippen LogP contribution in [0.4, 0.5) is 0 Å². The number of nitrogens with zero attached hydrogens (tertiary/aromatic N) is 2. The summed E-state index contributed by atoms with van der Waals surface area (Å²) in [6.45, 7) is 2.59. The number of carbonyl (C=O) groups is 1. The molecule has 2 aromatic rings. The molecule has 118 valence electrons. The Morgan fingerprint density at radius 1 is 1.39 bits per heavy atom. The maximum Gasteiger partial charge on any atom is 0.242 e. The molecular formula is C17H17N3O2S. The third-order valence-corrected chi connectivity index (χ3v) is 4.66. The second kappa shape index (κ2) is 7.27. The molecule has 1 aliphatic rings. The molecule has 23 heavy (non-hydrogen) atoms. The highest BCUT2D eigenvalue weighted by atomic mass is 32.1. The molecule has 1 N–H and O–H groups in total. The maximum absolute atomic E-state index is 12.2. The molecule has 5 nitrogen and oxygen atoms in total. The highest BCUT2D eigenvalue weighted by molar-refractivity contribution is 7.10. The summed E-state index contributed by atoms with van der Waals surface area (Å²) in [6, 6.07) is 12.9. The molecule has 6 heteroatoms. The van der Waals surface area contributed by atoms with E-state index in [2.05, 4.69) is 16.3 Å². The number of benzene rings is 1. The van der Waals surface area contributed by atoms with Gasteiger partial charge in [-0.15, -0.1) is 11.3 Å². The van der Waals surface area contributed by atoms with Gasteiger partial charge in [-0.3, -0.25) is 9.69 Å². The fourth-order valence-electron chi connectivity index (χ4n) is 2.65. The molecule has 1 aromatic heterocycles. The van der Waals surface area contributed by atoms with E-state index in [1.54, 1.807) is 29.5 Å². The van der Waals surface area contributed by atoms with Crippen molar-refractivity contribution in [2.75, 3.05) is 26.2 Å². The van der Waals surface area contributed by atoms with Gasteiger partial charge in [0.05, 0.1) is 11.6 Å². The molecule has 0 radical (unpaired) electrons. The van der Waals surface area contributed by atoms with Gasteiger partial charge in [0.2, 0.25) is 5.91 Å². The van der Waals surface area contributed by atoms with Crippen molar-refractivity contribution in [3.05, 3.63) is 52.2 Å². The summed E-state index contributed by atoms with van der Waals surface area (Å²) >= 11 is 1.59. The Balaban J connectivity index is 1.62. The highest BCUT2D eigenvalue weighted by Gasteiger charge is 2.31. The van der Waals surface area contributed by atoms with Crippen molar-refractivity contribution in [2.24, 2.45) is 0 Å². The molecule has 0 bridgehead atoms. The van der Waals surface area contributed by atoms with E-state index in [1.807, 2.05) is 23.6 Å². The van der Waals surface area contributed by atoms with Crippen LogP contribution in [0.3, 0.4) is 0 Å². The summed E-state index contributed by atoms with van der Waals surface area (Å²) in [5.41, 5.74) is 0.580. The Kier molecular flexibility index (Phi) is 4.91. The van der Waals surface area contributed by atoms with Gasteiger partial charge in [-0.2, -0.15) is 5.26 Å². The number of hydrogen-bond donors (Lipinski definition) is 1. The highest BCUT2D eigenvalue weighted by Crippen LogP contribution is 2.26. The summed E-state index contributed by atoms with van der Waals surface area (Å²) in [5.74, 6) is 0.725. The first-order valence-electron chi connectivity index (χ1n) is 7.46. The quantitative estimate of drug-likeness (QED) is 0.914. The molecule has 2 heterocycles. The third kappa shape index (κ3) is 3.70. The topological polar surface area (TPSA) is 65.4 Å². The lowest BCUT2D eigenvalue weighted by Gasteiger charge is -2.34. The van der Waals surface area contributed by atoms with Crippen molar-refractivity contribution in [1.82, 2.24) is 10.2 Å². The predicted molar refractivity (Wildman–Crippen MR) is 88.3 cm³/mol. The minimum Gasteiger partial charge on any atom is -0.492 e. The number of nitriles is 1. The summed E-state index contributed by atoms with van der Waals surface area (Å²) in [4.78, 5) is 15.4. The largest absolute Gasteiger partial charge is 0.492 e. The van der Waals surface area contributed by atoms with Gasteiger partial charge in [0, 0.05) is 24.5 Å². The van der Waals surface area contributed by atoms with Gasteiger partial charge < -0.3 is 10.1 Å². The van der Waals surface area contributed by atoms with Crippen molar-refractivity contribution in [2.45, 2.75) is 6.04 Å². The van der Waals surface area contributed by atoms with E-state index in [0.29, 0.717) is 31.0 Å². The summed E-state index contributed by atoms with van der Waals surface area (Å²) in [6.07, 6.45) is 0. The maximum atomic E-state index is 12.2. The monoisotopic (exact) mass is 327 g/mol. The number of amides is 1. The third-order valence-electron chi connectivity index (χ3n) is 3.73. The number of ether oxygens (including phenoxy) is 1. The van der Waals surface area contributed by atoms with Crippen LogP contribution in [-0.2, 0) is 4.79 Å². The molecule has 0 saturated carbocycles. The summed E-state index contributed by atoms with van der Waals surface area (Å²) in [5, 5.41) is 13.8. The van der Waals surface area contributed by atoms with Gasteiger partial charge in [0.15, 0.2) is 0 Å². The van der Waals surface area contributed by atoms with Crippen LogP contribution in [0, 0.1) is 11.3 Å². The standard InChI is InChI=1S/C17H17N3O2S/c18-12-13-3-1-4-14(11-13)22-9-8-20-7-6-19-17(21)16(20)15-5-2-10-23-15/h1-5,10-11,16H,6-9H2,(H,19,21)/t16-/m1/s1. The van der Waals surface area contributed by atoms with Crippen LogP contribution >= 0.6 is 11.3 Å². The molecule has 1 aliphatic heterocycles. The lowest BCUT2D eigenvalue weighted by Crippen LogP contribution is -2.50. The normalized spacial score (nSPS) is 18.2. The number of rotatable bonds is 5. The van der Waals surface area contributed by atoms with E-state index < -0.39 is 0 Å². The Hall–Kier alpha value is -2.36. The van der Waals surface area contributed by atoms with Gasteiger partial charge in [0.25, 0.3) is 0 Å². The average Bonchev–Trinajstić information content (AvgIpc) is 3.09. The van der Waals surface area contributed by atoms with Gasteiger partial charge in [-0.25, -0.2) is 0 Å². The molecule has 0 unspecified atom stereocenters. The molecule has 3 rings (SSSR count). The van der Waals surface area contributed by atoms with Crippen LogP contribution in [0.1, 0.15) is 16.5 Å². The van der Waals surface area contributed by atoms with Crippen LogP contribution in [0.2, 0.25) is 0 Å². The first-order chi connectivity index (χ1) is 11.3. The van der Waals surface area contributed by atoms with Crippen molar-refractivity contribution < 1.29 is 9.53 Å². The fourth-order valence-corrected chi connectivity index (χ4v) is 3.50. The number of nitrogens with one attached hydrogen (secondary N) is 1. The van der Waals surface area contributed by atoms with Gasteiger partial charge >= 0.3 is 0 Å². The van der Waals surface area contributed by atoms with E-state index in [4.69, 9.17) is 10.00 Å². The number of carbonyl (C=O) groups excluding carboxylic acids is 1. The zero-order valence-electron chi connectivity index (χ0n) is 12.6. The predicted octanol–water partition coefficient (Wildman–Crippen LogP) is 2.17. The van der Waals surface area contributed by atoms with Crippen molar-refractivity contribution in [3.63, 3.8) is 0 Å². The second-order valence-corrected chi connectivity index (χ2v) is 6.21. The first-order valence-corrected chi connectivity index (χ1v) is 8.34. The molecule has 1 aromatic carbocycles. The van der Waals surface area contributed by atoms with Crippen LogP contribution in [0.5, 0.6) is 5.75 Å². The summed E-state index contributed by atoms with van der Waals surface area (Å²) < 4.78 is 5.73. The molecule has 1 amide bonds. The average molecular weight is 327 g/mol. The smallest absolute Gasteiger partial charge is 0.242 e. The lowest BCUT2D eigenvalue weighted by molar-refractivity contribution is -0.129. The number of piperazine rings is 1. The Bertz CT molecular complexity index is 709. The molecule has 0 spiro atoms. The van der Waals surface area contributed by atoms with E-state index in [1.165, 1.54) is 0 Å². The van der Waals surface area contributed by atoms with Crippen molar-refractivity contribution in [3.8, 4) is 11.8 Å². The van der Waals surface area contributed by atoms with Crippen LogP contribution in [0.25, 0.3) is 0 Å². The Morgan fingerprint density at radius 3 is 3.09 bits per heavy atom. The van der Waals surface area contributed by atoms with Crippen LogP contribution in [0.15, 0.2) is 41.8 Å². The fraction of sp³-hybridized carbons (Fsp3) is 0.294. The van der Waals surface area contributed by atoms with Gasteiger partial charge in [-0.1, -0.05) is 12.1 Å². The first kappa shape index (κ1) is 15.5. The van der Waals surface area contributed by atoms with E-state index in [0.717, 1.165) is 11.4 Å². The molecule has 0 aliphatic carbocycles. The minimum atomic E-state index is -0.238. The SMILES string of the molecule is N#Cc1cccc(OCCN2CCNC(=O)[C@H]2c2cccs2)c1. The summed E-state index contributed by atoms with van der Waals surface area (Å²) in [7, 11) is 0. The Morgan fingerprint density at radius 2 is 2.30 bits per heavy atom. The zero-order valence-corrected chi connectivity index (χ0v) is 13.4. The minimum absolute atomic E-state index is 0.0465. The number of hydrogen-bond acceptors (Lipinski definition) is 5. The molecular weight excluding hydrogens is 310 g/mol. The van der Waals surface area contributed by atoms with Gasteiger partial charge in [-0.05, 0) is 29.6 Å². The van der Waals surface area contributed by atoms with E-state index in [-0.39, 0.29) is 11.9 Å². The second-order valence-electron chi connectivity index (χ2n) is 5.23. The Labute approximate surface area is 139 Å². The van der Waals surface area contributed by atoms with Crippen molar-refractivity contribution in [1.29, 1.82) is 5.26 Å². The van der Waals surface area contributed by atoms with Crippen molar-refractivity contribution >= 4 is 17.2 Å². The molecule has 1 atom stereocenters. The molecule has 1 fully saturated rings. The molecule has 1 saturated heterocycles. The van der Waals surface area contributed by atoms with E-state index in [9.17, 15) is 4.79 Å². The zero-order chi connectivity index (χ0) is 16.1. The van der Waals surface area contributed by atoms with Gasteiger partial charge in [0.1, 0.15) is 18.4 Å².